The van der Waals surface area contributed by atoms with Crippen molar-refractivity contribution >= 4 is 5.96 Å². The minimum Gasteiger partial charge on any atom is -0.352 e. The molecule has 2 heterocycles. The first-order valence-electron chi connectivity index (χ1n) is 8.74. The van der Waals surface area contributed by atoms with Gasteiger partial charge in [-0.2, -0.15) is 0 Å². The predicted molar refractivity (Wildman–Crippen MR) is 97.9 cm³/mol. The van der Waals surface area contributed by atoms with Gasteiger partial charge in [-0.05, 0) is 29.9 Å². The number of hydrogen-bond donors (Lipinski definition) is 1. The van der Waals surface area contributed by atoms with Crippen molar-refractivity contribution in [2.24, 2.45) is 10.9 Å². The second kappa shape index (κ2) is 7.99. The number of imidazole rings is 1. The molecule has 1 saturated heterocycles. The first-order valence-corrected chi connectivity index (χ1v) is 8.74. The smallest absolute Gasteiger partial charge is 0.193 e. The van der Waals surface area contributed by atoms with E-state index in [1.54, 1.807) is 0 Å². The number of likely N-dealkylation sites (tertiary alicyclic amines) is 1. The number of aliphatic imine (C=N–C) groups is 1. The Hall–Kier alpha value is -2.30. The van der Waals surface area contributed by atoms with Crippen LogP contribution in [0.3, 0.4) is 0 Å². The summed E-state index contributed by atoms with van der Waals surface area (Å²) in [4.78, 5) is 10.9. The minimum atomic E-state index is 0.750. The van der Waals surface area contributed by atoms with E-state index in [0.29, 0.717) is 0 Å². The molecule has 1 atom stereocenters. The van der Waals surface area contributed by atoms with Crippen molar-refractivity contribution in [3.63, 3.8) is 0 Å². The maximum Gasteiger partial charge on any atom is 0.193 e. The van der Waals surface area contributed by atoms with E-state index in [1.165, 1.54) is 24.0 Å². The van der Waals surface area contributed by atoms with Crippen molar-refractivity contribution in [3.8, 4) is 0 Å². The average molecular weight is 325 g/mol. The van der Waals surface area contributed by atoms with Gasteiger partial charge in [-0.25, -0.2) is 4.98 Å². The normalized spacial score (nSPS) is 18.7. The quantitative estimate of drug-likeness (QED) is 0.694. The van der Waals surface area contributed by atoms with Crippen molar-refractivity contribution in [2.45, 2.75) is 32.9 Å². The first-order chi connectivity index (χ1) is 11.7. The molecule has 1 aromatic carbocycles. The lowest BCUT2D eigenvalue weighted by atomic mass is 10.0. The second-order valence-electron chi connectivity index (χ2n) is 6.65. The van der Waals surface area contributed by atoms with E-state index < -0.39 is 0 Å². The number of guanidine groups is 1. The number of nitrogens with zero attached hydrogens (tertiary/aromatic N) is 4. The largest absolute Gasteiger partial charge is 0.352 e. The molecule has 1 unspecified atom stereocenters. The maximum absolute atomic E-state index is 4.45. The Bertz CT molecular complexity index is 645. The van der Waals surface area contributed by atoms with E-state index >= 15 is 0 Å². The number of nitrogens with one attached hydrogen (secondary N) is 1. The Balaban J connectivity index is 1.53. The van der Waals surface area contributed by atoms with Crippen molar-refractivity contribution in [3.05, 3.63) is 54.1 Å². The molecule has 1 N–H and O–H groups in total. The molecule has 1 fully saturated rings. The van der Waals surface area contributed by atoms with E-state index in [0.717, 1.165) is 38.1 Å². The van der Waals surface area contributed by atoms with Gasteiger partial charge in [0.05, 0.1) is 6.33 Å². The number of benzene rings is 1. The summed E-state index contributed by atoms with van der Waals surface area (Å²) < 4.78 is 2.08. The van der Waals surface area contributed by atoms with Crippen LogP contribution in [-0.2, 0) is 13.1 Å². The highest BCUT2D eigenvalue weighted by Gasteiger charge is 2.18. The molecule has 0 radical (unpaired) electrons. The first kappa shape index (κ1) is 16.6. The summed E-state index contributed by atoms with van der Waals surface area (Å²) in [6.45, 7) is 6.19. The summed E-state index contributed by atoms with van der Waals surface area (Å²) in [6, 6.07) is 8.74. The van der Waals surface area contributed by atoms with Crippen molar-refractivity contribution in [2.75, 3.05) is 20.1 Å². The zero-order valence-electron chi connectivity index (χ0n) is 14.7. The van der Waals surface area contributed by atoms with Gasteiger partial charge in [-0.3, -0.25) is 4.99 Å². The Kier molecular flexibility index (Phi) is 5.51. The molecule has 24 heavy (non-hydrogen) atoms. The summed E-state index contributed by atoms with van der Waals surface area (Å²) in [5.41, 5.74) is 2.56. The summed E-state index contributed by atoms with van der Waals surface area (Å²) in [7, 11) is 1.87. The van der Waals surface area contributed by atoms with Gasteiger partial charge in [0.1, 0.15) is 0 Å². The van der Waals surface area contributed by atoms with Gasteiger partial charge < -0.3 is 14.8 Å². The zero-order chi connectivity index (χ0) is 16.8. The summed E-state index contributed by atoms with van der Waals surface area (Å²) in [5.74, 6) is 1.77. The van der Waals surface area contributed by atoms with Crippen molar-refractivity contribution < 1.29 is 0 Å². The van der Waals surface area contributed by atoms with Crippen LogP contribution in [0, 0.1) is 5.92 Å². The Morgan fingerprint density at radius 3 is 2.75 bits per heavy atom. The van der Waals surface area contributed by atoms with E-state index in [-0.39, 0.29) is 0 Å². The molecule has 1 aromatic heterocycles. The number of rotatable bonds is 4. The molecule has 5 heteroatoms. The van der Waals surface area contributed by atoms with Crippen LogP contribution in [0.25, 0.3) is 0 Å². The van der Waals surface area contributed by atoms with Gasteiger partial charge in [-0.1, -0.05) is 31.2 Å². The molecule has 128 valence electrons. The highest BCUT2D eigenvalue weighted by Crippen LogP contribution is 2.15. The van der Waals surface area contributed by atoms with Crippen LogP contribution < -0.4 is 5.32 Å². The van der Waals surface area contributed by atoms with Crippen LogP contribution >= 0.6 is 0 Å². The molecule has 5 nitrogen and oxygen atoms in total. The number of aromatic nitrogens is 2. The molecule has 0 amide bonds. The standard InChI is InChI=1S/C19H27N5/c1-16-4-3-10-24(13-16)19(20-2)22-12-17-5-7-18(8-6-17)14-23-11-9-21-15-23/h5-9,11,15-16H,3-4,10,12-14H2,1-2H3,(H,20,22). The van der Waals surface area contributed by atoms with Crippen LogP contribution in [0.15, 0.2) is 48.0 Å². The van der Waals surface area contributed by atoms with Gasteiger partial charge in [-0.15, -0.1) is 0 Å². The lowest BCUT2D eigenvalue weighted by molar-refractivity contribution is 0.266. The highest BCUT2D eigenvalue weighted by atomic mass is 15.3. The summed E-state index contributed by atoms with van der Waals surface area (Å²) in [5, 5.41) is 3.50. The molecule has 0 bridgehead atoms. The monoisotopic (exact) mass is 325 g/mol. The summed E-state index contributed by atoms with van der Waals surface area (Å²) in [6.07, 6.45) is 8.22. The van der Waals surface area contributed by atoms with Gasteiger partial charge in [0, 0.05) is 45.6 Å². The van der Waals surface area contributed by atoms with E-state index in [4.69, 9.17) is 0 Å². The molecule has 1 aliphatic heterocycles. The molecule has 0 spiro atoms. The zero-order valence-corrected chi connectivity index (χ0v) is 14.7. The minimum absolute atomic E-state index is 0.750. The maximum atomic E-state index is 4.45. The van der Waals surface area contributed by atoms with Crippen LogP contribution in [0.4, 0.5) is 0 Å². The second-order valence-corrected chi connectivity index (χ2v) is 6.65. The van der Waals surface area contributed by atoms with Crippen LogP contribution in [-0.4, -0.2) is 40.5 Å². The highest BCUT2D eigenvalue weighted by molar-refractivity contribution is 5.79. The van der Waals surface area contributed by atoms with Crippen molar-refractivity contribution in [1.29, 1.82) is 0 Å². The molecule has 3 rings (SSSR count). The third kappa shape index (κ3) is 4.37. The fourth-order valence-electron chi connectivity index (χ4n) is 3.25. The van der Waals surface area contributed by atoms with Crippen LogP contribution in [0.2, 0.25) is 0 Å². The predicted octanol–water partition coefficient (Wildman–Crippen LogP) is 2.74. The van der Waals surface area contributed by atoms with Crippen LogP contribution in [0.5, 0.6) is 0 Å². The SMILES string of the molecule is CN=C(NCc1ccc(Cn2ccnc2)cc1)N1CCCC(C)C1. The van der Waals surface area contributed by atoms with Gasteiger partial charge in [0.2, 0.25) is 0 Å². The fraction of sp³-hybridized carbons (Fsp3) is 0.474. The third-order valence-electron chi connectivity index (χ3n) is 4.57. The van der Waals surface area contributed by atoms with Crippen LogP contribution in [0.1, 0.15) is 30.9 Å². The van der Waals surface area contributed by atoms with E-state index in [2.05, 4.69) is 55.9 Å². The average Bonchev–Trinajstić information content (AvgIpc) is 3.10. The Morgan fingerprint density at radius 2 is 2.08 bits per heavy atom. The number of hydrogen-bond acceptors (Lipinski definition) is 2. The Labute approximate surface area is 144 Å². The van der Waals surface area contributed by atoms with Gasteiger partial charge >= 0.3 is 0 Å². The topological polar surface area (TPSA) is 45.5 Å². The van der Waals surface area contributed by atoms with Gasteiger partial charge in [0.15, 0.2) is 5.96 Å². The fourth-order valence-corrected chi connectivity index (χ4v) is 3.25. The molecular weight excluding hydrogens is 298 g/mol. The molecule has 0 saturated carbocycles. The summed E-state index contributed by atoms with van der Waals surface area (Å²) >= 11 is 0. The molecule has 1 aliphatic rings. The lowest BCUT2D eigenvalue weighted by Gasteiger charge is -2.33. The van der Waals surface area contributed by atoms with E-state index in [1.807, 2.05) is 25.8 Å². The number of piperidine rings is 1. The lowest BCUT2D eigenvalue weighted by Crippen LogP contribution is -2.45. The third-order valence-corrected chi connectivity index (χ3v) is 4.57. The Morgan fingerprint density at radius 1 is 1.29 bits per heavy atom. The molecule has 0 aliphatic carbocycles. The van der Waals surface area contributed by atoms with E-state index in [9.17, 15) is 0 Å². The van der Waals surface area contributed by atoms with Gasteiger partial charge in [0.25, 0.3) is 0 Å². The molecule has 2 aromatic rings. The van der Waals surface area contributed by atoms with Crippen molar-refractivity contribution in [1.82, 2.24) is 19.8 Å². The molecular formula is C19H27N5.